The summed E-state index contributed by atoms with van der Waals surface area (Å²) in [7, 11) is 0. The van der Waals surface area contributed by atoms with Crippen molar-refractivity contribution in [3.8, 4) is 5.69 Å². The molecule has 0 aliphatic carbocycles. The second-order valence-corrected chi connectivity index (χ2v) is 4.20. The minimum absolute atomic E-state index is 0.0612. The van der Waals surface area contributed by atoms with E-state index in [-0.39, 0.29) is 16.8 Å². The molecule has 0 spiro atoms. The van der Waals surface area contributed by atoms with Gasteiger partial charge in [-0.3, -0.25) is 0 Å². The zero-order valence-electron chi connectivity index (χ0n) is 8.57. The van der Waals surface area contributed by atoms with Crippen LogP contribution in [0.4, 0.5) is 8.78 Å². The number of aromatic nitrogens is 3. The standard InChI is InChI=1S/C10H8BrF2N3O/c11-7-3-10(9(13)4-8(7)12)16-5-6(1-2-17)14-15-16/h3-5,17H,1-2H2. The summed E-state index contributed by atoms with van der Waals surface area (Å²) in [6.45, 7) is -0.0612. The third kappa shape index (κ3) is 2.50. The van der Waals surface area contributed by atoms with Crippen LogP contribution in [0.15, 0.2) is 22.8 Å². The minimum atomic E-state index is -0.730. The van der Waals surface area contributed by atoms with Crippen LogP contribution in [0.2, 0.25) is 0 Å². The number of aliphatic hydroxyl groups is 1. The van der Waals surface area contributed by atoms with Crippen molar-refractivity contribution in [2.24, 2.45) is 0 Å². The molecule has 17 heavy (non-hydrogen) atoms. The van der Waals surface area contributed by atoms with Crippen molar-refractivity contribution in [2.75, 3.05) is 6.61 Å². The van der Waals surface area contributed by atoms with Gasteiger partial charge in [0.25, 0.3) is 0 Å². The maximum absolute atomic E-state index is 13.5. The van der Waals surface area contributed by atoms with Gasteiger partial charge in [-0.1, -0.05) is 5.21 Å². The summed E-state index contributed by atoms with van der Waals surface area (Å²) in [4.78, 5) is 0. The van der Waals surface area contributed by atoms with Gasteiger partial charge in [-0.15, -0.1) is 5.10 Å². The number of halogens is 3. The summed E-state index contributed by atoms with van der Waals surface area (Å²) in [5.41, 5.74) is 0.627. The van der Waals surface area contributed by atoms with Crippen LogP contribution in [0.3, 0.4) is 0 Å². The molecule has 0 radical (unpaired) electrons. The first-order chi connectivity index (χ1) is 8.11. The van der Waals surface area contributed by atoms with E-state index in [1.165, 1.54) is 16.9 Å². The first-order valence-corrected chi connectivity index (χ1v) is 5.58. The fraction of sp³-hybridized carbons (Fsp3) is 0.200. The van der Waals surface area contributed by atoms with Gasteiger partial charge < -0.3 is 5.11 Å². The summed E-state index contributed by atoms with van der Waals surface area (Å²) in [6, 6.07) is 2.05. The van der Waals surface area contributed by atoms with Crippen molar-refractivity contribution in [1.29, 1.82) is 0 Å². The molecule has 0 aliphatic heterocycles. The SMILES string of the molecule is OCCc1cn(-c2cc(Br)c(F)cc2F)nn1. The van der Waals surface area contributed by atoms with E-state index in [0.717, 1.165) is 6.07 Å². The lowest BCUT2D eigenvalue weighted by Crippen LogP contribution is -2.00. The highest BCUT2D eigenvalue weighted by atomic mass is 79.9. The average molecular weight is 304 g/mol. The topological polar surface area (TPSA) is 50.9 Å². The molecule has 1 aromatic carbocycles. The van der Waals surface area contributed by atoms with Gasteiger partial charge in [0.2, 0.25) is 0 Å². The van der Waals surface area contributed by atoms with Gasteiger partial charge in [-0.2, -0.15) is 0 Å². The highest BCUT2D eigenvalue weighted by molar-refractivity contribution is 9.10. The van der Waals surface area contributed by atoms with E-state index in [1.54, 1.807) is 0 Å². The molecule has 1 N–H and O–H groups in total. The molecule has 7 heteroatoms. The predicted molar refractivity (Wildman–Crippen MR) is 59.8 cm³/mol. The molecule has 1 heterocycles. The van der Waals surface area contributed by atoms with Crippen LogP contribution in [-0.4, -0.2) is 26.7 Å². The molecule has 0 saturated heterocycles. The van der Waals surface area contributed by atoms with Crippen LogP contribution in [0.1, 0.15) is 5.69 Å². The fourth-order valence-corrected chi connectivity index (χ4v) is 1.66. The number of aliphatic hydroxyl groups excluding tert-OH is 1. The fourth-order valence-electron chi connectivity index (χ4n) is 1.33. The van der Waals surface area contributed by atoms with Crippen molar-refractivity contribution in [2.45, 2.75) is 6.42 Å². The molecule has 2 rings (SSSR count). The quantitative estimate of drug-likeness (QED) is 0.880. The molecular formula is C10H8BrF2N3O. The largest absolute Gasteiger partial charge is 0.396 e. The lowest BCUT2D eigenvalue weighted by Gasteiger charge is -2.03. The summed E-state index contributed by atoms with van der Waals surface area (Å²) in [6.07, 6.45) is 1.82. The Morgan fingerprint density at radius 1 is 1.29 bits per heavy atom. The van der Waals surface area contributed by atoms with Crippen LogP contribution >= 0.6 is 15.9 Å². The van der Waals surface area contributed by atoms with Crippen LogP contribution < -0.4 is 0 Å². The molecule has 0 atom stereocenters. The van der Waals surface area contributed by atoms with Gasteiger partial charge in [0.15, 0.2) is 5.82 Å². The Labute approximate surface area is 104 Å². The Morgan fingerprint density at radius 2 is 2.06 bits per heavy atom. The molecular weight excluding hydrogens is 296 g/mol. The van der Waals surface area contributed by atoms with Gasteiger partial charge in [0.05, 0.1) is 16.4 Å². The maximum atomic E-state index is 13.5. The molecule has 0 saturated carbocycles. The molecule has 0 bridgehead atoms. The minimum Gasteiger partial charge on any atom is -0.396 e. The van der Waals surface area contributed by atoms with E-state index in [9.17, 15) is 8.78 Å². The highest BCUT2D eigenvalue weighted by Gasteiger charge is 2.11. The van der Waals surface area contributed by atoms with E-state index in [4.69, 9.17) is 5.11 Å². The third-order valence-electron chi connectivity index (χ3n) is 2.15. The summed E-state index contributed by atoms with van der Waals surface area (Å²) < 4.78 is 27.9. The monoisotopic (exact) mass is 303 g/mol. The normalized spacial score (nSPS) is 10.8. The van der Waals surface area contributed by atoms with Crippen molar-refractivity contribution in [1.82, 2.24) is 15.0 Å². The Kier molecular flexibility index (Phi) is 3.49. The van der Waals surface area contributed by atoms with E-state index >= 15 is 0 Å². The molecule has 2 aromatic rings. The lowest BCUT2D eigenvalue weighted by molar-refractivity contribution is 0.298. The smallest absolute Gasteiger partial charge is 0.151 e. The molecule has 4 nitrogen and oxygen atoms in total. The highest BCUT2D eigenvalue weighted by Crippen LogP contribution is 2.22. The number of hydrogen-bond donors (Lipinski definition) is 1. The number of rotatable bonds is 3. The summed E-state index contributed by atoms with van der Waals surface area (Å²) >= 11 is 2.97. The van der Waals surface area contributed by atoms with Gasteiger partial charge in [0.1, 0.15) is 11.5 Å². The van der Waals surface area contributed by atoms with Gasteiger partial charge >= 0.3 is 0 Å². The summed E-state index contributed by atoms with van der Waals surface area (Å²) in [5, 5.41) is 16.2. The van der Waals surface area contributed by atoms with Gasteiger partial charge in [0, 0.05) is 19.1 Å². The van der Waals surface area contributed by atoms with Crippen molar-refractivity contribution in [3.05, 3.63) is 40.1 Å². The van der Waals surface area contributed by atoms with Gasteiger partial charge in [-0.05, 0) is 22.0 Å². The average Bonchev–Trinajstić information content (AvgIpc) is 2.72. The first-order valence-electron chi connectivity index (χ1n) is 4.79. The number of hydrogen-bond acceptors (Lipinski definition) is 3. The van der Waals surface area contributed by atoms with E-state index in [1.807, 2.05) is 0 Å². The van der Waals surface area contributed by atoms with Crippen LogP contribution in [-0.2, 0) is 6.42 Å². The number of nitrogens with zero attached hydrogens (tertiary/aromatic N) is 3. The Hall–Kier alpha value is -1.34. The lowest BCUT2D eigenvalue weighted by atomic mass is 10.3. The number of benzene rings is 1. The van der Waals surface area contributed by atoms with Crippen LogP contribution in [0, 0.1) is 11.6 Å². The molecule has 90 valence electrons. The van der Waals surface area contributed by atoms with Crippen LogP contribution in [0.25, 0.3) is 5.69 Å². The van der Waals surface area contributed by atoms with E-state index in [0.29, 0.717) is 12.1 Å². The molecule has 0 fully saturated rings. The first kappa shape index (κ1) is 12.1. The van der Waals surface area contributed by atoms with Crippen LogP contribution in [0.5, 0.6) is 0 Å². The predicted octanol–water partition coefficient (Wildman–Crippen LogP) is 1.84. The molecule has 1 aromatic heterocycles. The van der Waals surface area contributed by atoms with E-state index < -0.39 is 11.6 Å². The zero-order chi connectivity index (χ0) is 12.4. The second kappa shape index (κ2) is 4.89. The zero-order valence-corrected chi connectivity index (χ0v) is 10.2. The second-order valence-electron chi connectivity index (χ2n) is 3.35. The summed E-state index contributed by atoms with van der Waals surface area (Å²) in [5.74, 6) is -1.41. The third-order valence-corrected chi connectivity index (χ3v) is 2.75. The molecule has 0 unspecified atom stereocenters. The van der Waals surface area contributed by atoms with Crippen molar-refractivity contribution < 1.29 is 13.9 Å². The molecule has 0 amide bonds. The Balaban J connectivity index is 2.41. The molecule has 0 aliphatic rings. The van der Waals surface area contributed by atoms with Crippen molar-refractivity contribution >= 4 is 15.9 Å². The Bertz CT molecular complexity index is 544. The van der Waals surface area contributed by atoms with Gasteiger partial charge in [-0.25, -0.2) is 13.5 Å². The maximum Gasteiger partial charge on any atom is 0.151 e. The van der Waals surface area contributed by atoms with Crippen molar-refractivity contribution in [3.63, 3.8) is 0 Å². The van der Waals surface area contributed by atoms with E-state index in [2.05, 4.69) is 26.2 Å². The Morgan fingerprint density at radius 3 is 2.76 bits per heavy atom.